The second-order valence-corrected chi connectivity index (χ2v) is 6.43. The van der Waals surface area contributed by atoms with Gasteiger partial charge in [-0.3, -0.25) is 4.79 Å². The van der Waals surface area contributed by atoms with Crippen molar-refractivity contribution in [2.24, 2.45) is 5.92 Å². The lowest BCUT2D eigenvalue weighted by Crippen LogP contribution is -2.13. The molecule has 0 spiro atoms. The summed E-state index contributed by atoms with van der Waals surface area (Å²) in [6, 6.07) is 13.2. The first kappa shape index (κ1) is 19.0. The third kappa shape index (κ3) is 5.61. The number of rotatable bonds is 8. The molecule has 0 aromatic heterocycles. The summed E-state index contributed by atoms with van der Waals surface area (Å²) in [4.78, 5) is 12.6. The zero-order valence-electron chi connectivity index (χ0n) is 15.5. The van der Waals surface area contributed by atoms with E-state index in [1.165, 1.54) is 0 Å². The fraction of sp³-hybridized carbons (Fsp3) is 0.381. The van der Waals surface area contributed by atoms with E-state index in [9.17, 15) is 4.79 Å². The molecule has 25 heavy (non-hydrogen) atoms. The number of amides is 1. The van der Waals surface area contributed by atoms with Crippen molar-refractivity contribution in [1.29, 1.82) is 0 Å². The van der Waals surface area contributed by atoms with E-state index in [4.69, 9.17) is 9.47 Å². The van der Waals surface area contributed by atoms with Gasteiger partial charge in [-0.15, -0.1) is 0 Å². The Bertz CT molecular complexity index is 710. The van der Waals surface area contributed by atoms with Crippen molar-refractivity contribution in [2.45, 2.75) is 34.3 Å². The molecule has 1 N–H and O–H groups in total. The number of para-hydroxylation sites is 1. The van der Waals surface area contributed by atoms with Crippen LogP contribution in [0.25, 0.3) is 0 Å². The average Bonchev–Trinajstić information content (AvgIpc) is 2.58. The summed E-state index contributed by atoms with van der Waals surface area (Å²) in [6.45, 7) is 9.80. The number of nitrogens with one attached hydrogen (secondary N) is 1. The molecule has 4 nitrogen and oxygen atoms in total. The van der Waals surface area contributed by atoms with E-state index < -0.39 is 0 Å². The third-order valence-corrected chi connectivity index (χ3v) is 3.72. The van der Waals surface area contributed by atoms with Crippen molar-refractivity contribution in [3.63, 3.8) is 0 Å². The molecule has 0 fully saturated rings. The maximum atomic E-state index is 12.6. The Morgan fingerprint density at radius 1 is 1.16 bits per heavy atom. The Morgan fingerprint density at radius 3 is 2.60 bits per heavy atom. The summed E-state index contributed by atoms with van der Waals surface area (Å²) in [6.07, 6.45) is 0. The van der Waals surface area contributed by atoms with Crippen LogP contribution in [0.2, 0.25) is 0 Å². The van der Waals surface area contributed by atoms with Crippen LogP contribution in [0, 0.1) is 12.8 Å². The molecule has 2 aromatic carbocycles. The van der Waals surface area contributed by atoms with Crippen molar-refractivity contribution >= 4 is 11.6 Å². The Morgan fingerprint density at radius 2 is 1.92 bits per heavy atom. The number of hydrogen-bond acceptors (Lipinski definition) is 3. The topological polar surface area (TPSA) is 47.6 Å². The summed E-state index contributed by atoms with van der Waals surface area (Å²) in [5.41, 5.74) is 3.33. The van der Waals surface area contributed by atoms with Gasteiger partial charge >= 0.3 is 0 Å². The number of carbonyl (C=O) groups excluding carboxylic acids is 1. The molecular formula is C21H27NO3. The molecule has 134 valence electrons. The lowest BCUT2D eigenvalue weighted by atomic mass is 10.1. The molecule has 0 aliphatic rings. The largest absolute Gasteiger partial charge is 0.494 e. The highest BCUT2D eigenvalue weighted by molar-refractivity contribution is 6.04. The van der Waals surface area contributed by atoms with Crippen LogP contribution in [0.5, 0.6) is 5.75 Å². The zero-order chi connectivity index (χ0) is 18.2. The number of anilines is 1. The molecule has 0 unspecified atom stereocenters. The fourth-order valence-electron chi connectivity index (χ4n) is 2.44. The van der Waals surface area contributed by atoms with E-state index in [0.717, 1.165) is 22.6 Å². The highest BCUT2D eigenvalue weighted by Crippen LogP contribution is 2.23. The molecule has 0 saturated heterocycles. The van der Waals surface area contributed by atoms with Crippen LogP contribution in [-0.2, 0) is 11.3 Å². The smallest absolute Gasteiger partial charge is 0.255 e. The molecule has 0 heterocycles. The van der Waals surface area contributed by atoms with Crippen LogP contribution in [0.4, 0.5) is 5.69 Å². The predicted molar refractivity (Wildman–Crippen MR) is 101 cm³/mol. The molecular weight excluding hydrogens is 314 g/mol. The van der Waals surface area contributed by atoms with Crippen LogP contribution < -0.4 is 10.1 Å². The molecule has 0 saturated carbocycles. The standard InChI is InChI=1S/C21H27NO3/c1-5-25-20-11-10-17(12-18(20)14-24-13-15(2)3)21(23)22-19-9-7-6-8-16(19)4/h6-12,15H,5,13-14H2,1-4H3,(H,22,23). The first-order valence-corrected chi connectivity index (χ1v) is 8.71. The van der Waals surface area contributed by atoms with Gasteiger partial charge in [-0.25, -0.2) is 0 Å². The minimum Gasteiger partial charge on any atom is -0.494 e. The number of hydrogen-bond donors (Lipinski definition) is 1. The van der Waals surface area contributed by atoms with E-state index in [0.29, 0.717) is 31.3 Å². The first-order valence-electron chi connectivity index (χ1n) is 8.71. The van der Waals surface area contributed by atoms with Gasteiger partial charge < -0.3 is 14.8 Å². The van der Waals surface area contributed by atoms with Crippen LogP contribution in [0.15, 0.2) is 42.5 Å². The molecule has 0 atom stereocenters. The van der Waals surface area contributed by atoms with Gasteiger partial charge in [-0.2, -0.15) is 0 Å². The molecule has 1 amide bonds. The highest BCUT2D eigenvalue weighted by Gasteiger charge is 2.12. The number of aryl methyl sites for hydroxylation is 1. The lowest BCUT2D eigenvalue weighted by molar-refractivity contribution is 0.0948. The maximum absolute atomic E-state index is 12.6. The molecule has 0 aliphatic heterocycles. The summed E-state index contributed by atoms with van der Waals surface area (Å²) in [7, 11) is 0. The van der Waals surface area contributed by atoms with E-state index >= 15 is 0 Å². The van der Waals surface area contributed by atoms with E-state index in [1.54, 1.807) is 6.07 Å². The fourth-order valence-corrected chi connectivity index (χ4v) is 2.44. The van der Waals surface area contributed by atoms with Crippen LogP contribution >= 0.6 is 0 Å². The molecule has 0 bridgehead atoms. The molecule has 2 rings (SSSR count). The van der Waals surface area contributed by atoms with E-state index in [1.807, 2.05) is 50.2 Å². The van der Waals surface area contributed by atoms with Gasteiger partial charge in [0.25, 0.3) is 5.91 Å². The lowest BCUT2D eigenvalue weighted by Gasteiger charge is -2.14. The van der Waals surface area contributed by atoms with Gasteiger partial charge in [-0.1, -0.05) is 32.0 Å². The molecule has 0 radical (unpaired) electrons. The minimum absolute atomic E-state index is 0.137. The number of carbonyl (C=O) groups is 1. The Hall–Kier alpha value is -2.33. The van der Waals surface area contributed by atoms with Gasteiger partial charge in [0.05, 0.1) is 13.2 Å². The summed E-state index contributed by atoms with van der Waals surface area (Å²) < 4.78 is 11.4. The van der Waals surface area contributed by atoms with Crippen molar-refractivity contribution in [1.82, 2.24) is 0 Å². The summed E-state index contributed by atoms with van der Waals surface area (Å²) >= 11 is 0. The second-order valence-electron chi connectivity index (χ2n) is 6.43. The maximum Gasteiger partial charge on any atom is 0.255 e. The summed E-state index contributed by atoms with van der Waals surface area (Å²) in [5.74, 6) is 1.09. The molecule has 0 aliphatic carbocycles. The van der Waals surface area contributed by atoms with Crippen LogP contribution in [0.3, 0.4) is 0 Å². The van der Waals surface area contributed by atoms with Gasteiger partial charge in [-0.05, 0) is 49.6 Å². The number of benzene rings is 2. The highest BCUT2D eigenvalue weighted by atomic mass is 16.5. The van der Waals surface area contributed by atoms with Crippen molar-refractivity contribution < 1.29 is 14.3 Å². The average molecular weight is 341 g/mol. The minimum atomic E-state index is -0.137. The van der Waals surface area contributed by atoms with Gasteiger partial charge in [0.2, 0.25) is 0 Å². The number of ether oxygens (including phenoxy) is 2. The Kier molecular flexibility index (Phi) is 7.02. The molecule has 2 aromatic rings. The van der Waals surface area contributed by atoms with Gasteiger partial charge in [0.1, 0.15) is 5.75 Å². The monoisotopic (exact) mass is 341 g/mol. The Balaban J connectivity index is 2.16. The second kappa shape index (κ2) is 9.23. The quantitative estimate of drug-likeness (QED) is 0.749. The van der Waals surface area contributed by atoms with Gasteiger partial charge in [0, 0.05) is 23.4 Å². The normalized spacial score (nSPS) is 10.8. The van der Waals surface area contributed by atoms with Crippen molar-refractivity contribution in [3.05, 3.63) is 59.2 Å². The van der Waals surface area contributed by atoms with Crippen molar-refractivity contribution in [2.75, 3.05) is 18.5 Å². The van der Waals surface area contributed by atoms with Crippen LogP contribution in [-0.4, -0.2) is 19.1 Å². The SMILES string of the molecule is CCOc1ccc(C(=O)Nc2ccccc2C)cc1COCC(C)C. The van der Waals surface area contributed by atoms with Crippen LogP contribution in [0.1, 0.15) is 42.3 Å². The third-order valence-electron chi connectivity index (χ3n) is 3.72. The van der Waals surface area contributed by atoms with E-state index in [2.05, 4.69) is 19.2 Å². The zero-order valence-corrected chi connectivity index (χ0v) is 15.5. The van der Waals surface area contributed by atoms with E-state index in [-0.39, 0.29) is 5.91 Å². The molecule has 4 heteroatoms. The van der Waals surface area contributed by atoms with Crippen molar-refractivity contribution in [3.8, 4) is 5.75 Å². The first-order chi connectivity index (χ1) is 12.0. The van der Waals surface area contributed by atoms with Gasteiger partial charge in [0.15, 0.2) is 0 Å². The summed E-state index contributed by atoms with van der Waals surface area (Å²) in [5, 5.41) is 2.96. The predicted octanol–water partition coefficient (Wildman–Crippen LogP) is 4.82. The Labute approximate surface area is 150 Å².